The van der Waals surface area contributed by atoms with E-state index in [-0.39, 0.29) is 11.1 Å². The lowest BCUT2D eigenvalue weighted by atomic mass is 10.2. The molecule has 0 saturated heterocycles. The summed E-state index contributed by atoms with van der Waals surface area (Å²) in [6.45, 7) is 2.34. The average Bonchev–Trinajstić information content (AvgIpc) is 2.52. The monoisotopic (exact) mass is 282 g/mol. The van der Waals surface area contributed by atoms with Gasteiger partial charge in [-0.15, -0.1) is 0 Å². The summed E-state index contributed by atoms with van der Waals surface area (Å²) in [5, 5.41) is 3.37. The SMILES string of the molecule is CCOc1ccccc1-n1[nH]c(=O)c2ccccc2c1=O. The van der Waals surface area contributed by atoms with Gasteiger partial charge in [-0.25, -0.2) is 4.68 Å². The van der Waals surface area contributed by atoms with E-state index in [4.69, 9.17) is 4.74 Å². The van der Waals surface area contributed by atoms with E-state index in [1.54, 1.807) is 42.5 Å². The third kappa shape index (κ3) is 2.23. The Morgan fingerprint density at radius 1 is 1.00 bits per heavy atom. The van der Waals surface area contributed by atoms with E-state index in [1.165, 1.54) is 4.68 Å². The summed E-state index contributed by atoms with van der Waals surface area (Å²) in [7, 11) is 0. The number of para-hydroxylation sites is 2. The lowest BCUT2D eigenvalue weighted by Crippen LogP contribution is -2.28. The van der Waals surface area contributed by atoms with Crippen molar-refractivity contribution < 1.29 is 4.74 Å². The highest BCUT2D eigenvalue weighted by atomic mass is 16.5. The predicted octanol–water partition coefficient (Wildman–Crippen LogP) is 2.08. The number of benzene rings is 2. The summed E-state index contributed by atoms with van der Waals surface area (Å²) >= 11 is 0. The second-order valence-electron chi connectivity index (χ2n) is 4.53. The smallest absolute Gasteiger partial charge is 0.277 e. The molecule has 0 radical (unpaired) electrons. The fraction of sp³-hybridized carbons (Fsp3) is 0.125. The molecule has 3 aromatic rings. The molecule has 0 aliphatic heterocycles. The van der Waals surface area contributed by atoms with E-state index in [9.17, 15) is 9.59 Å². The highest BCUT2D eigenvalue weighted by Crippen LogP contribution is 2.20. The van der Waals surface area contributed by atoms with Crippen LogP contribution in [0, 0.1) is 0 Å². The summed E-state index contributed by atoms with van der Waals surface area (Å²) in [6.07, 6.45) is 0. The molecule has 0 aliphatic rings. The molecule has 106 valence electrons. The quantitative estimate of drug-likeness (QED) is 0.800. The van der Waals surface area contributed by atoms with Gasteiger partial charge in [-0.3, -0.25) is 14.7 Å². The molecular weight excluding hydrogens is 268 g/mol. The molecule has 1 aromatic heterocycles. The van der Waals surface area contributed by atoms with Crippen LogP contribution >= 0.6 is 0 Å². The van der Waals surface area contributed by atoms with Crippen molar-refractivity contribution in [2.24, 2.45) is 0 Å². The number of H-pyrrole nitrogens is 1. The van der Waals surface area contributed by atoms with E-state index in [1.807, 2.05) is 13.0 Å². The van der Waals surface area contributed by atoms with Crippen LogP contribution in [0.15, 0.2) is 58.1 Å². The first-order valence-electron chi connectivity index (χ1n) is 6.68. The molecule has 0 spiro atoms. The number of fused-ring (bicyclic) bond motifs is 1. The number of hydrogen-bond acceptors (Lipinski definition) is 3. The summed E-state index contributed by atoms with van der Waals surface area (Å²) in [4.78, 5) is 24.7. The highest BCUT2D eigenvalue weighted by Gasteiger charge is 2.11. The summed E-state index contributed by atoms with van der Waals surface area (Å²) in [5.41, 5.74) is -0.0685. The molecule has 0 aliphatic carbocycles. The Balaban J connectivity index is 2.34. The molecule has 2 aromatic carbocycles. The first-order chi connectivity index (χ1) is 10.2. The van der Waals surface area contributed by atoms with Gasteiger partial charge in [-0.1, -0.05) is 24.3 Å². The van der Waals surface area contributed by atoms with Crippen molar-refractivity contribution in [2.75, 3.05) is 6.61 Å². The Kier molecular flexibility index (Phi) is 3.31. The summed E-state index contributed by atoms with van der Waals surface area (Å²) < 4.78 is 6.75. The molecule has 1 heterocycles. The number of nitrogens with one attached hydrogen (secondary N) is 1. The van der Waals surface area contributed by atoms with Crippen LogP contribution in [-0.4, -0.2) is 16.4 Å². The molecule has 0 unspecified atom stereocenters. The summed E-state index contributed by atoms with van der Waals surface area (Å²) in [5.74, 6) is 0.549. The van der Waals surface area contributed by atoms with Crippen LogP contribution in [0.3, 0.4) is 0 Å². The summed E-state index contributed by atoms with van der Waals surface area (Å²) in [6, 6.07) is 13.9. The molecule has 5 nitrogen and oxygen atoms in total. The van der Waals surface area contributed by atoms with E-state index < -0.39 is 0 Å². The molecule has 0 saturated carbocycles. The molecule has 21 heavy (non-hydrogen) atoms. The molecule has 0 bridgehead atoms. The zero-order chi connectivity index (χ0) is 14.8. The van der Waals surface area contributed by atoms with Crippen molar-refractivity contribution in [2.45, 2.75) is 6.92 Å². The zero-order valence-electron chi connectivity index (χ0n) is 11.5. The molecule has 1 N–H and O–H groups in total. The van der Waals surface area contributed by atoms with Crippen LogP contribution in [-0.2, 0) is 0 Å². The minimum absolute atomic E-state index is 0.280. The van der Waals surface area contributed by atoms with Gasteiger partial charge in [0.2, 0.25) is 0 Å². The van der Waals surface area contributed by atoms with Gasteiger partial charge in [0.25, 0.3) is 11.1 Å². The van der Waals surface area contributed by atoms with Crippen LogP contribution in [0.5, 0.6) is 5.75 Å². The van der Waals surface area contributed by atoms with Crippen molar-refractivity contribution in [3.05, 3.63) is 69.2 Å². The minimum atomic E-state index is -0.309. The number of ether oxygens (including phenoxy) is 1. The number of aromatic nitrogens is 2. The zero-order valence-corrected chi connectivity index (χ0v) is 11.5. The maximum Gasteiger partial charge on any atom is 0.277 e. The second-order valence-corrected chi connectivity index (χ2v) is 4.53. The van der Waals surface area contributed by atoms with Gasteiger partial charge in [0.05, 0.1) is 17.4 Å². The van der Waals surface area contributed by atoms with Gasteiger partial charge in [0.15, 0.2) is 0 Å². The molecular formula is C16H14N2O3. The number of nitrogens with zero attached hydrogens (tertiary/aromatic N) is 1. The third-order valence-corrected chi connectivity index (χ3v) is 3.22. The van der Waals surface area contributed by atoms with E-state index >= 15 is 0 Å². The van der Waals surface area contributed by atoms with Crippen molar-refractivity contribution in [1.82, 2.24) is 9.78 Å². The Hall–Kier alpha value is -2.82. The van der Waals surface area contributed by atoms with E-state index in [0.29, 0.717) is 28.8 Å². The molecule has 3 rings (SSSR count). The molecule has 0 amide bonds. The largest absolute Gasteiger partial charge is 0.492 e. The Labute approximate surface area is 120 Å². The first-order valence-corrected chi connectivity index (χ1v) is 6.68. The lowest BCUT2D eigenvalue weighted by molar-refractivity contribution is 0.338. The van der Waals surface area contributed by atoms with Gasteiger partial charge < -0.3 is 4.74 Å². The standard InChI is InChI=1S/C16H14N2O3/c1-2-21-14-10-6-5-9-13(14)18-16(20)12-8-4-3-7-11(12)15(19)17-18/h3-10H,2H2,1H3,(H,17,19). The maximum atomic E-state index is 12.6. The Morgan fingerprint density at radius 2 is 1.67 bits per heavy atom. The van der Waals surface area contributed by atoms with Crippen LogP contribution in [0.25, 0.3) is 16.5 Å². The van der Waals surface area contributed by atoms with Gasteiger partial charge >= 0.3 is 0 Å². The topological polar surface area (TPSA) is 64.1 Å². The Morgan fingerprint density at radius 3 is 2.43 bits per heavy atom. The van der Waals surface area contributed by atoms with Crippen molar-refractivity contribution in [3.8, 4) is 11.4 Å². The van der Waals surface area contributed by atoms with E-state index in [0.717, 1.165) is 0 Å². The van der Waals surface area contributed by atoms with Crippen LogP contribution in [0.2, 0.25) is 0 Å². The number of aromatic amines is 1. The first kappa shape index (κ1) is 13.2. The normalized spacial score (nSPS) is 10.7. The van der Waals surface area contributed by atoms with Gasteiger partial charge in [-0.2, -0.15) is 0 Å². The number of rotatable bonds is 3. The maximum absolute atomic E-state index is 12.6. The second kappa shape index (κ2) is 5.28. The fourth-order valence-corrected chi connectivity index (χ4v) is 2.29. The fourth-order valence-electron chi connectivity index (χ4n) is 2.29. The Bertz CT molecular complexity index is 909. The highest BCUT2D eigenvalue weighted by molar-refractivity contribution is 5.80. The van der Waals surface area contributed by atoms with Crippen LogP contribution in [0.4, 0.5) is 0 Å². The number of hydrogen-bond donors (Lipinski definition) is 1. The minimum Gasteiger partial charge on any atom is -0.492 e. The van der Waals surface area contributed by atoms with Gasteiger partial charge in [0, 0.05) is 0 Å². The molecule has 0 fully saturated rings. The molecule has 0 atom stereocenters. The molecule has 5 heteroatoms. The van der Waals surface area contributed by atoms with E-state index in [2.05, 4.69) is 5.10 Å². The third-order valence-electron chi connectivity index (χ3n) is 3.22. The van der Waals surface area contributed by atoms with Crippen LogP contribution < -0.4 is 15.9 Å². The van der Waals surface area contributed by atoms with Crippen LogP contribution in [0.1, 0.15) is 6.92 Å². The van der Waals surface area contributed by atoms with Crippen molar-refractivity contribution >= 4 is 10.8 Å². The lowest BCUT2D eigenvalue weighted by Gasteiger charge is -2.12. The average molecular weight is 282 g/mol. The van der Waals surface area contributed by atoms with Crippen molar-refractivity contribution in [3.63, 3.8) is 0 Å². The van der Waals surface area contributed by atoms with Gasteiger partial charge in [0.1, 0.15) is 11.4 Å². The van der Waals surface area contributed by atoms with Gasteiger partial charge in [-0.05, 0) is 31.2 Å². The van der Waals surface area contributed by atoms with Crippen molar-refractivity contribution in [1.29, 1.82) is 0 Å². The predicted molar refractivity (Wildman–Crippen MR) is 81.3 cm³/mol.